The largest absolute Gasteiger partial charge is 0.480 e. The molecule has 0 bridgehead atoms. The SMILES string of the molecule is O=C(c1ccccc1)c1ccc(OC(=O)c2cccc3c2NC(C(=O)O)C2CC=CC32)cc1. The number of carboxylic acids is 1. The summed E-state index contributed by atoms with van der Waals surface area (Å²) in [6.45, 7) is 0. The fraction of sp³-hybridized carbons (Fsp3) is 0.148. The van der Waals surface area contributed by atoms with E-state index < -0.39 is 18.0 Å². The Morgan fingerprint density at radius 3 is 2.33 bits per heavy atom. The van der Waals surface area contributed by atoms with Crippen LogP contribution in [-0.2, 0) is 4.79 Å². The average molecular weight is 439 g/mol. The lowest BCUT2D eigenvalue weighted by atomic mass is 9.78. The topological polar surface area (TPSA) is 92.7 Å². The monoisotopic (exact) mass is 439 g/mol. The van der Waals surface area contributed by atoms with Crippen LogP contribution in [0.25, 0.3) is 0 Å². The van der Waals surface area contributed by atoms with E-state index in [1.807, 2.05) is 24.3 Å². The van der Waals surface area contributed by atoms with E-state index in [4.69, 9.17) is 4.74 Å². The molecule has 5 rings (SSSR count). The molecule has 0 saturated carbocycles. The van der Waals surface area contributed by atoms with Crippen LogP contribution in [0.15, 0.2) is 84.9 Å². The van der Waals surface area contributed by atoms with E-state index in [-0.39, 0.29) is 23.2 Å². The van der Waals surface area contributed by atoms with Gasteiger partial charge in [-0.25, -0.2) is 9.59 Å². The molecule has 2 aliphatic rings. The van der Waals surface area contributed by atoms with Crippen molar-refractivity contribution < 1.29 is 24.2 Å². The Balaban J connectivity index is 1.38. The summed E-state index contributed by atoms with van der Waals surface area (Å²) in [6.07, 6.45) is 4.68. The molecule has 1 aliphatic carbocycles. The van der Waals surface area contributed by atoms with E-state index >= 15 is 0 Å². The van der Waals surface area contributed by atoms with E-state index in [0.29, 0.717) is 29.0 Å². The van der Waals surface area contributed by atoms with Crippen molar-refractivity contribution in [3.8, 4) is 5.75 Å². The molecule has 0 amide bonds. The lowest BCUT2D eigenvalue weighted by Gasteiger charge is -2.35. The number of rotatable bonds is 5. The zero-order chi connectivity index (χ0) is 22.9. The Labute approximate surface area is 190 Å². The van der Waals surface area contributed by atoms with Crippen molar-refractivity contribution in [1.29, 1.82) is 0 Å². The second-order valence-corrected chi connectivity index (χ2v) is 8.19. The molecule has 0 aromatic heterocycles. The van der Waals surface area contributed by atoms with Crippen molar-refractivity contribution in [3.05, 3.63) is 107 Å². The molecule has 1 heterocycles. The van der Waals surface area contributed by atoms with E-state index in [1.165, 1.54) is 0 Å². The van der Waals surface area contributed by atoms with Gasteiger partial charge in [0, 0.05) is 23.0 Å². The van der Waals surface area contributed by atoms with Crippen LogP contribution in [0, 0.1) is 5.92 Å². The summed E-state index contributed by atoms with van der Waals surface area (Å²) in [5, 5.41) is 12.8. The Hall–Kier alpha value is -4.19. The highest BCUT2D eigenvalue weighted by molar-refractivity contribution is 6.09. The molecule has 164 valence electrons. The molecule has 3 unspecified atom stereocenters. The Bertz CT molecular complexity index is 1260. The minimum absolute atomic E-state index is 0.0571. The molecule has 3 aromatic rings. The molecule has 3 aromatic carbocycles. The van der Waals surface area contributed by atoms with Gasteiger partial charge in [0.05, 0.1) is 11.3 Å². The predicted octanol–water partition coefficient (Wildman–Crippen LogP) is 4.68. The number of nitrogens with one attached hydrogen (secondary N) is 1. The standard InChI is InChI=1S/C27H21NO5/c29-25(16-6-2-1-3-7-16)17-12-14-18(15-13-17)33-27(32)22-11-5-9-20-19-8-4-10-21(19)24(26(30)31)28-23(20)22/h1-9,11-15,19,21,24,28H,10H2,(H,30,31). The molecule has 33 heavy (non-hydrogen) atoms. The number of allylic oxidation sites excluding steroid dienone is 2. The highest BCUT2D eigenvalue weighted by Gasteiger charge is 2.42. The van der Waals surface area contributed by atoms with E-state index in [1.54, 1.807) is 60.7 Å². The number of carbonyl (C=O) groups excluding carboxylic acids is 2. The molecule has 0 saturated heterocycles. The zero-order valence-corrected chi connectivity index (χ0v) is 17.6. The number of para-hydroxylation sites is 1. The third-order valence-electron chi connectivity index (χ3n) is 6.25. The lowest BCUT2D eigenvalue weighted by molar-refractivity contribution is -0.139. The highest BCUT2D eigenvalue weighted by Crippen LogP contribution is 2.45. The van der Waals surface area contributed by atoms with Crippen LogP contribution in [0.3, 0.4) is 0 Å². The van der Waals surface area contributed by atoms with Crippen LogP contribution in [0.1, 0.15) is 44.2 Å². The Morgan fingerprint density at radius 2 is 1.61 bits per heavy atom. The number of esters is 1. The van der Waals surface area contributed by atoms with Crippen LogP contribution < -0.4 is 10.1 Å². The summed E-state index contributed by atoms with van der Waals surface area (Å²) in [6, 6.07) is 19.9. The summed E-state index contributed by atoms with van der Waals surface area (Å²) in [5.74, 6) is -1.50. The molecule has 0 radical (unpaired) electrons. The number of hydrogen-bond donors (Lipinski definition) is 2. The van der Waals surface area contributed by atoms with Gasteiger partial charge in [0.1, 0.15) is 11.8 Å². The number of anilines is 1. The van der Waals surface area contributed by atoms with E-state index in [9.17, 15) is 19.5 Å². The van der Waals surface area contributed by atoms with Crippen LogP contribution in [0.5, 0.6) is 5.75 Å². The number of fused-ring (bicyclic) bond motifs is 3. The summed E-state index contributed by atoms with van der Waals surface area (Å²) in [5.41, 5.74) is 2.74. The van der Waals surface area contributed by atoms with Gasteiger partial charge in [0.15, 0.2) is 5.78 Å². The van der Waals surface area contributed by atoms with Crippen molar-refractivity contribution in [2.75, 3.05) is 5.32 Å². The summed E-state index contributed by atoms with van der Waals surface area (Å²) < 4.78 is 5.56. The highest BCUT2D eigenvalue weighted by atomic mass is 16.5. The maximum absolute atomic E-state index is 13.0. The van der Waals surface area contributed by atoms with Crippen molar-refractivity contribution in [2.45, 2.75) is 18.4 Å². The van der Waals surface area contributed by atoms with Crippen molar-refractivity contribution in [2.24, 2.45) is 5.92 Å². The molecule has 0 spiro atoms. The van der Waals surface area contributed by atoms with Gasteiger partial charge in [-0.3, -0.25) is 4.79 Å². The number of hydrogen-bond acceptors (Lipinski definition) is 5. The average Bonchev–Trinajstić information content (AvgIpc) is 3.34. The van der Waals surface area contributed by atoms with E-state index in [2.05, 4.69) is 5.32 Å². The van der Waals surface area contributed by atoms with Gasteiger partial charge in [0.25, 0.3) is 0 Å². The molecule has 0 fully saturated rings. The van der Waals surface area contributed by atoms with Gasteiger partial charge in [-0.05, 0) is 42.3 Å². The fourth-order valence-corrected chi connectivity index (χ4v) is 4.63. The van der Waals surface area contributed by atoms with Gasteiger partial charge in [-0.1, -0.05) is 54.6 Å². The zero-order valence-electron chi connectivity index (χ0n) is 17.6. The number of aliphatic carboxylic acids is 1. The predicted molar refractivity (Wildman–Crippen MR) is 123 cm³/mol. The molecular formula is C27H21NO5. The van der Waals surface area contributed by atoms with Crippen LogP contribution in [0.2, 0.25) is 0 Å². The summed E-state index contributed by atoms with van der Waals surface area (Å²) in [7, 11) is 0. The quantitative estimate of drug-likeness (QED) is 0.260. The van der Waals surface area contributed by atoms with Crippen molar-refractivity contribution in [3.63, 3.8) is 0 Å². The van der Waals surface area contributed by atoms with Crippen LogP contribution in [-0.4, -0.2) is 28.9 Å². The molecule has 3 atom stereocenters. The summed E-state index contributed by atoms with van der Waals surface area (Å²) in [4.78, 5) is 37.4. The number of ether oxygens (including phenoxy) is 1. The first kappa shape index (κ1) is 20.7. The first-order valence-electron chi connectivity index (χ1n) is 10.7. The van der Waals surface area contributed by atoms with Gasteiger partial charge >= 0.3 is 11.9 Å². The third kappa shape index (κ3) is 3.80. The molecule has 6 nitrogen and oxygen atoms in total. The van der Waals surface area contributed by atoms with Crippen molar-refractivity contribution in [1.82, 2.24) is 0 Å². The van der Waals surface area contributed by atoms with Gasteiger partial charge in [0.2, 0.25) is 0 Å². The molecular weight excluding hydrogens is 418 g/mol. The maximum Gasteiger partial charge on any atom is 0.345 e. The minimum Gasteiger partial charge on any atom is -0.480 e. The Morgan fingerprint density at radius 1 is 0.879 bits per heavy atom. The fourth-order valence-electron chi connectivity index (χ4n) is 4.63. The lowest BCUT2D eigenvalue weighted by Crippen LogP contribution is -2.42. The molecule has 1 aliphatic heterocycles. The normalized spacial score (nSPS) is 20.3. The van der Waals surface area contributed by atoms with Crippen LogP contribution >= 0.6 is 0 Å². The molecule has 6 heteroatoms. The minimum atomic E-state index is -0.943. The molecule has 2 N–H and O–H groups in total. The smallest absolute Gasteiger partial charge is 0.345 e. The second-order valence-electron chi connectivity index (χ2n) is 8.19. The number of carbonyl (C=O) groups is 3. The van der Waals surface area contributed by atoms with E-state index in [0.717, 1.165) is 5.56 Å². The van der Waals surface area contributed by atoms with Gasteiger partial charge < -0.3 is 15.2 Å². The van der Waals surface area contributed by atoms with Crippen LogP contribution in [0.4, 0.5) is 5.69 Å². The first-order valence-corrected chi connectivity index (χ1v) is 10.7. The van der Waals surface area contributed by atoms with Gasteiger partial charge in [-0.2, -0.15) is 0 Å². The van der Waals surface area contributed by atoms with Gasteiger partial charge in [-0.15, -0.1) is 0 Å². The number of carboxylic acid groups (broad SMARTS) is 1. The first-order chi connectivity index (χ1) is 16.0. The second kappa shape index (κ2) is 8.39. The maximum atomic E-state index is 13.0. The number of benzene rings is 3. The van der Waals surface area contributed by atoms with Crippen molar-refractivity contribution >= 4 is 23.4 Å². The summed E-state index contributed by atoms with van der Waals surface area (Å²) >= 11 is 0. The number of ketones is 1. The Kier molecular flexibility index (Phi) is 5.26. The third-order valence-corrected chi connectivity index (χ3v) is 6.25.